The molecule has 0 aromatic heterocycles. The zero-order valence-corrected chi connectivity index (χ0v) is 17.4. The molecule has 0 bridgehead atoms. The summed E-state index contributed by atoms with van der Waals surface area (Å²) in [5.41, 5.74) is 5.35. The van der Waals surface area contributed by atoms with Crippen LogP contribution in [0.15, 0.2) is 103 Å². The fraction of sp³-hybridized carbons (Fsp3) is 0.154. The minimum absolute atomic E-state index is 0.0583. The average Bonchev–Trinajstić information content (AvgIpc) is 2.94. The van der Waals surface area contributed by atoms with Gasteiger partial charge in [-0.1, -0.05) is 98.0 Å². The fourth-order valence-electron chi connectivity index (χ4n) is 5.41. The number of allylic oxidation sites excluding steroid dienone is 4. The summed E-state index contributed by atoms with van der Waals surface area (Å²) in [6.45, 7) is 2.44. The molecule has 2 unspecified atom stereocenters. The fourth-order valence-corrected chi connectivity index (χ4v) is 5.90. The first-order valence-electron chi connectivity index (χ1n) is 9.45. The average molecular weight is 460 g/mol. The monoisotopic (exact) mass is 460 g/mol. The Hall–Kier alpha value is -2.13. The lowest BCUT2D eigenvalue weighted by Gasteiger charge is -2.47. The van der Waals surface area contributed by atoms with Gasteiger partial charge in [-0.3, -0.25) is 0 Å². The molecule has 2 atom stereocenters. The summed E-state index contributed by atoms with van der Waals surface area (Å²) in [5.74, 6) is 0.370. The molecule has 5 rings (SSSR count). The van der Waals surface area contributed by atoms with E-state index < -0.39 is 0 Å². The van der Waals surface area contributed by atoms with Gasteiger partial charge in [-0.05, 0) is 57.0 Å². The van der Waals surface area contributed by atoms with E-state index in [0.29, 0.717) is 5.92 Å². The quantitative estimate of drug-likeness (QED) is 0.367. The molecule has 0 fully saturated rings. The van der Waals surface area contributed by atoms with Crippen LogP contribution in [0.25, 0.3) is 0 Å². The summed E-state index contributed by atoms with van der Waals surface area (Å²) in [4.78, 5) is 0. The van der Waals surface area contributed by atoms with Crippen LogP contribution in [0.2, 0.25) is 0 Å². The molecule has 1 heteroatoms. The summed E-state index contributed by atoms with van der Waals surface area (Å²) in [7, 11) is 0. The van der Waals surface area contributed by atoms with Gasteiger partial charge in [0.1, 0.15) is 0 Å². The number of rotatable bonds is 2. The van der Waals surface area contributed by atoms with Crippen molar-refractivity contribution in [3.63, 3.8) is 0 Å². The van der Waals surface area contributed by atoms with Gasteiger partial charge in [-0.25, -0.2) is 0 Å². The van der Waals surface area contributed by atoms with Crippen molar-refractivity contribution in [2.75, 3.05) is 0 Å². The molecular weight excluding hydrogens is 439 g/mol. The highest BCUT2D eigenvalue weighted by atomic mass is 127. The largest absolute Gasteiger partial charge is 0.0761 e. The van der Waals surface area contributed by atoms with Gasteiger partial charge in [0.2, 0.25) is 0 Å². The van der Waals surface area contributed by atoms with Crippen molar-refractivity contribution in [2.24, 2.45) is 5.41 Å². The first-order valence-corrected chi connectivity index (χ1v) is 10.5. The second-order valence-corrected chi connectivity index (χ2v) is 8.96. The highest BCUT2D eigenvalue weighted by Crippen LogP contribution is 2.66. The minimum Gasteiger partial charge on any atom is -0.0761 e. The van der Waals surface area contributed by atoms with E-state index in [0.717, 1.165) is 0 Å². The van der Waals surface area contributed by atoms with Crippen LogP contribution in [-0.2, 0) is 5.41 Å². The van der Waals surface area contributed by atoms with E-state index in [2.05, 4.69) is 133 Å². The van der Waals surface area contributed by atoms with Crippen LogP contribution < -0.4 is 0 Å². The molecule has 3 aromatic carbocycles. The van der Waals surface area contributed by atoms with E-state index in [-0.39, 0.29) is 10.8 Å². The zero-order chi connectivity index (χ0) is 18.5. The third-order valence-corrected chi connectivity index (χ3v) is 7.15. The molecule has 0 spiro atoms. The number of hydrogen-bond acceptors (Lipinski definition) is 0. The molecule has 27 heavy (non-hydrogen) atoms. The number of fused-ring (bicyclic) bond motifs is 3. The topological polar surface area (TPSA) is 0 Å². The molecule has 132 valence electrons. The number of halogens is 1. The van der Waals surface area contributed by atoms with Gasteiger partial charge in [-0.15, -0.1) is 0 Å². The van der Waals surface area contributed by atoms with E-state index in [1.807, 2.05) is 0 Å². The molecule has 0 saturated heterocycles. The van der Waals surface area contributed by atoms with Crippen molar-refractivity contribution < 1.29 is 0 Å². The molecule has 2 aliphatic carbocycles. The predicted octanol–water partition coefficient (Wildman–Crippen LogP) is 6.86. The van der Waals surface area contributed by atoms with E-state index in [9.17, 15) is 0 Å². The maximum Gasteiger partial charge on any atom is 0.0551 e. The Morgan fingerprint density at radius 3 is 2.04 bits per heavy atom. The van der Waals surface area contributed by atoms with Crippen molar-refractivity contribution in [3.8, 4) is 0 Å². The Morgan fingerprint density at radius 2 is 1.41 bits per heavy atom. The first-order chi connectivity index (χ1) is 13.2. The predicted molar refractivity (Wildman–Crippen MR) is 121 cm³/mol. The third kappa shape index (κ3) is 2.21. The maximum atomic E-state index is 2.45. The molecule has 0 heterocycles. The van der Waals surface area contributed by atoms with Crippen LogP contribution in [0.3, 0.4) is 0 Å². The lowest BCUT2D eigenvalue weighted by molar-refractivity contribution is 0.288. The lowest BCUT2D eigenvalue weighted by atomic mass is 9.54. The maximum absolute atomic E-state index is 2.45. The minimum atomic E-state index is -0.210. The highest BCUT2D eigenvalue weighted by molar-refractivity contribution is 14.1. The Bertz CT molecular complexity index is 1010. The SMILES string of the molecule is CC12C=CC=CC1c1ccc(I)cc1C2(c1ccccc1)c1ccccc1. The molecule has 3 aromatic rings. The van der Waals surface area contributed by atoms with Gasteiger partial charge in [0.15, 0.2) is 0 Å². The second kappa shape index (κ2) is 6.20. The first kappa shape index (κ1) is 17.0. The standard InChI is InChI=1S/C26H21I/c1-25-17-9-8-14-23(25)22-16-15-21(27)18-24(22)26(25,19-10-4-2-5-11-19)20-12-6-3-7-13-20/h2-18,23H,1H3. The van der Waals surface area contributed by atoms with Crippen LogP contribution >= 0.6 is 22.6 Å². The summed E-state index contributed by atoms with van der Waals surface area (Å²) >= 11 is 2.45. The van der Waals surface area contributed by atoms with Crippen molar-refractivity contribution in [1.29, 1.82) is 0 Å². The summed E-state index contributed by atoms with van der Waals surface area (Å²) in [6, 6.07) is 29.1. The van der Waals surface area contributed by atoms with Crippen LogP contribution in [0, 0.1) is 8.99 Å². The molecule has 2 aliphatic rings. The Balaban J connectivity index is 1.97. The van der Waals surface area contributed by atoms with Crippen LogP contribution in [0.1, 0.15) is 35.1 Å². The second-order valence-electron chi connectivity index (χ2n) is 7.72. The molecular formula is C26H21I. The van der Waals surface area contributed by atoms with Gasteiger partial charge in [0.05, 0.1) is 5.41 Å². The van der Waals surface area contributed by atoms with Crippen LogP contribution in [0.5, 0.6) is 0 Å². The van der Waals surface area contributed by atoms with Crippen LogP contribution in [-0.4, -0.2) is 0 Å². The van der Waals surface area contributed by atoms with E-state index >= 15 is 0 Å². The highest BCUT2D eigenvalue weighted by Gasteiger charge is 2.60. The lowest BCUT2D eigenvalue weighted by Crippen LogP contribution is -2.43. The van der Waals surface area contributed by atoms with Gasteiger partial charge >= 0.3 is 0 Å². The molecule has 0 nitrogen and oxygen atoms in total. The molecule has 0 saturated carbocycles. The van der Waals surface area contributed by atoms with E-state index in [4.69, 9.17) is 0 Å². The third-order valence-electron chi connectivity index (χ3n) is 6.48. The summed E-state index contributed by atoms with van der Waals surface area (Å²) < 4.78 is 1.29. The van der Waals surface area contributed by atoms with Crippen molar-refractivity contribution in [3.05, 3.63) is 129 Å². The Morgan fingerprint density at radius 1 is 0.778 bits per heavy atom. The van der Waals surface area contributed by atoms with Crippen molar-refractivity contribution >= 4 is 22.6 Å². The van der Waals surface area contributed by atoms with Gasteiger partial charge in [0, 0.05) is 14.9 Å². The van der Waals surface area contributed by atoms with Crippen LogP contribution in [0.4, 0.5) is 0 Å². The van der Waals surface area contributed by atoms with E-state index in [1.54, 1.807) is 0 Å². The summed E-state index contributed by atoms with van der Waals surface area (Å²) in [6.07, 6.45) is 9.26. The molecule has 0 aliphatic heterocycles. The van der Waals surface area contributed by atoms with E-state index in [1.165, 1.54) is 25.8 Å². The smallest absolute Gasteiger partial charge is 0.0551 e. The molecule has 0 radical (unpaired) electrons. The number of benzene rings is 3. The van der Waals surface area contributed by atoms with Gasteiger partial charge < -0.3 is 0 Å². The Labute approximate surface area is 174 Å². The Kier molecular flexibility index (Phi) is 3.90. The summed E-state index contributed by atoms with van der Waals surface area (Å²) in [5, 5.41) is 0. The van der Waals surface area contributed by atoms with Crippen molar-refractivity contribution in [1.82, 2.24) is 0 Å². The normalized spacial score (nSPS) is 24.4. The molecule has 0 amide bonds. The van der Waals surface area contributed by atoms with Gasteiger partial charge in [-0.2, -0.15) is 0 Å². The van der Waals surface area contributed by atoms with Crippen molar-refractivity contribution in [2.45, 2.75) is 18.3 Å². The number of hydrogen-bond donors (Lipinski definition) is 0. The zero-order valence-electron chi connectivity index (χ0n) is 15.3. The van der Waals surface area contributed by atoms with Gasteiger partial charge in [0.25, 0.3) is 0 Å². The molecule has 0 N–H and O–H groups in total.